The first kappa shape index (κ1) is 65.6. The standard InChI is InChI=1S/C63H108O6/c1-4-7-10-13-16-19-22-24-26-28-29-30-31-32-33-34-35-36-38-39-41-44-47-50-53-56-62(65)68-59-60(58-67-61(64)55-52-49-46-43-21-18-15-12-9-6-3)69-63(66)57-54-51-48-45-42-40-37-27-25-23-20-17-14-11-8-5-2/h7,10,16,19-20,23-24,26-27,29-30,32-33,37,60H,4-6,8-9,11-15,17-18,21-22,25,28,31,34-36,38-59H2,1-3H3/b10-7-,19-16-,23-20-,26-24-,30-29-,33-32-,37-27-. The van der Waals surface area contributed by atoms with E-state index in [0.29, 0.717) is 19.3 Å². The van der Waals surface area contributed by atoms with Crippen molar-refractivity contribution < 1.29 is 28.6 Å². The summed E-state index contributed by atoms with van der Waals surface area (Å²) in [5.74, 6) is -0.898. The second-order valence-electron chi connectivity index (χ2n) is 19.2. The molecule has 0 amide bonds. The normalized spacial score (nSPS) is 12.7. The molecule has 0 radical (unpaired) electrons. The number of rotatable bonds is 52. The summed E-state index contributed by atoms with van der Waals surface area (Å²) in [4.78, 5) is 38.1. The van der Waals surface area contributed by atoms with Crippen LogP contribution >= 0.6 is 0 Å². The van der Waals surface area contributed by atoms with Gasteiger partial charge in [-0.05, 0) is 96.3 Å². The van der Waals surface area contributed by atoms with E-state index in [1.807, 2.05) is 0 Å². The van der Waals surface area contributed by atoms with Crippen LogP contribution in [-0.2, 0) is 28.6 Å². The largest absolute Gasteiger partial charge is 0.462 e. The molecular weight excluding hydrogens is 853 g/mol. The van der Waals surface area contributed by atoms with Gasteiger partial charge in [0, 0.05) is 19.3 Å². The molecule has 0 N–H and O–H groups in total. The molecule has 0 saturated heterocycles. The molecule has 6 heteroatoms. The molecule has 1 unspecified atom stereocenters. The number of hydrogen-bond donors (Lipinski definition) is 0. The molecule has 0 aromatic heterocycles. The van der Waals surface area contributed by atoms with Gasteiger partial charge in [-0.1, -0.05) is 247 Å². The van der Waals surface area contributed by atoms with Crippen molar-refractivity contribution in [1.82, 2.24) is 0 Å². The smallest absolute Gasteiger partial charge is 0.306 e. The summed E-state index contributed by atoms with van der Waals surface area (Å²) in [6.45, 7) is 6.49. The lowest BCUT2D eigenvalue weighted by atomic mass is 10.1. The van der Waals surface area contributed by atoms with Crippen LogP contribution < -0.4 is 0 Å². The fraction of sp³-hybridized carbons (Fsp3) is 0.730. The minimum atomic E-state index is -0.784. The number of carbonyl (C=O) groups is 3. The van der Waals surface area contributed by atoms with E-state index in [0.717, 1.165) is 122 Å². The summed E-state index contributed by atoms with van der Waals surface area (Å²) in [5, 5.41) is 0. The monoisotopic (exact) mass is 961 g/mol. The number of hydrogen-bond acceptors (Lipinski definition) is 6. The molecule has 0 aliphatic rings. The number of unbranched alkanes of at least 4 members (excludes halogenated alkanes) is 27. The third-order valence-electron chi connectivity index (χ3n) is 12.4. The van der Waals surface area contributed by atoms with E-state index < -0.39 is 6.10 Å². The molecule has 0 aromatic rings. The van der Waals surface area contributed by atoms with Gasteiger partial charge in [0.25, 0.3) is 0 Å². The zero-order valence-electron chi connectivity index (χ0n) is 45.3. The molecule has 0 aliphatic carbocycles. The Morgan fingerprint density at radius 2 is 0.565 bits per heavy atom. The number of ether oxygens (including phenoxy) is 3. The lowest BCUT2D eigenvalue weighted by molar-refractivity contribution is -0.167. The van der Waals surface area contributed by atoms with Crippen LogP contribution in [0.1, 0.15) is 278 Å². The van der Waals surface area contributed by atoms with E-state index in [1.54, 1.807) is 0 Å². The first-order valence-corrected chi connectivity index (χ1v) is 29.1. The summed E-state index contributed by atoms with van der Waals surface area (Å²) in [6, 6.07) is 0. The van der Waals surface area contributed by atoms with Crippen LogP contribution in [0.4, 0.5) is 0 Å². The van der Waals surface area contributed by atoms with Crippen LogP contribution in [0, 0.1) is 0 Å². The maximum Gasteiger partial charge on any atom is 0.306 e. The SMILES string of the molecule is CC/C=C\C/C=C\C/C=C\C/C=C\C/C=C\CCCCCCCCCCCC(=O)OCC(COC(=O)CCCCCCCCCCCC)OC(=O)CCCCCCC/C=C\C/C=C\CCCCCC. The molecule has 0 spiro atoms. The van der Waals surface area contributed by atoms with Crippen molar-refractivity contribution in [3.05, 3.63) is 85.1 Å². The van der Waals surface area contributed by atoms with Gasteiger partial charge in [0.15, 0.2) is 6.10 Å². The van der Waals surface area contributed by atoms with Crippen molar-refractivity contribution in [3.8, 4) is 0 Å². The third-order valence-corrected chi connectivity index (χ3v) is 12.4. The van der Waals surface area contributed by atoms with E-state index >= 15 is 0 Å². The Bertz CT molecular complexity index is 1330. The van der Waals surface area contributed by atoms with Gasteiger partial charge in [-0.15, -0.1) is 0 Å². The van der Waals surface area contributed by atoms with Crippen molar-refractivity contribution in [2.75, 3.05) is 13.2 Å². The van der Waals surface area contributed by atoms with Crippen molar-refractivity contribution in [2.24, 2.45) is 0 Å². The number of esters is 3. The Labute approximate surface area is 426 Å². The van der Waals surface area contributed by atoms with Crippen LogP contribution in [0.5, 0.6) is 0 Å². The second-order valence-corrected chi connectivity index (χ2v) is 19.2. The molecule has 0 aliphatic heterocycles. The zero-order chi connectivity index (χ0) is 50.0. The fourth-order valence-corrected chi connectivity index (χ4v) is 8.03. The highest BCUT2D eigenvalue weighted by molar-refractivity contribution is 5.71. The van der Waals surface area contributed by atoms with Crippen LogP contribution in [-0.4, -0.2) is 37.2 Å². The van der Waals surface area contributed by atoms with Gasteiger partial charge in [0.2, 0.25) is 0 Å². The molecular formula is C63H108O6. The van der Waals surface area contributed by atoms with Gasteiger partial charge < -0.3 is 14.2 Å². The second kappa shape index (κ2) is 57.2. The fourth-order valence-electron chi connectivity index (χ4n) is 8.03. The van der Waals surface area contributed by atoms with Crippen molar-refractivity contribution in [3.63, 3.8) is 0 Å². The lowest BCUT2D eigenvalue weighted by Crippen LogP contribution is -2.30. The number of carbonyl (C=O) groups excluding carboxylic acids is 3. The highest BCUT2D eigenvalue weighted by atomic mass is 16.6. The maximum atomic E-state index is 12.8. The molecule has 1 atom stereocenters. The predicted molar refractivity (Wildman–Crippen MR) is 297 cm³/mol. The highest BCUT2D eigenvalue weighted by Gasteiger charge is 2.19. The van der Waals surface area contributed by atoms with Crippen molar-refractivity contribution in [1.29, 1.82) is 0 Å². The Morgan fingerprint density at radius 3 is 0.899 bits per heavy atom. The summed E-state index contributed by atoms with van der Waals surface area (Å²) in [5.41, 5.74) is 0. The molecule has 0 bridgehead atoms. The minimum absolute atomic E-state index is 0.0821. The van der Waals surface area contributed by atoms with Gasteiger partial charge in [0.1, 0.15) is 13.2 Å². The van der Waals surface area contributed by atoms with E-state index in [2.05, 4.69) is 106 Å². The van der Waals surface area contributed by atoms with Crippen molar-refractivity contribution >= 4 is 17.9 Å². The molecule has 0 heterocycles. The average Bonchev–Trinajstić information content (AvgIpc) is 3.35. The van der Waals surface area contributed by atoms with Crippen LogP contribution in [0.15, 0.2) is 85.1 Å². The highest BCUT2D eigenvalue weighted by Crippen LogP contribution is 2.15. The van der Waals surface area contributed by atoms with Gasteiger partial charge in [-0.2, -0.15) is 0 Å². The van der Waals surface area contributed by atoms with E-state index in [-0.39, 0.29) is 31.1 Å². The average molecular weight is 962 g/mol. The summed E-state index contributed by atoms with van der Waals surface area (Å²) < 4.78 is 16.8. The molecule has 6 nitrogen and oxygen atoms in total. The minimum Gasteiger partial charge on any atom is -0.462 e. The summed E-state index contributed by atoms with van der Waals surface area (Å²) in [6.07, 6.45) is 74.3. The Morgan fingerprint density at radius 1 is 0.304 bits per heavy atom. The van der Waals surface area contributed by atoms with Crippen LogP contribution in [0.3, 0.4) is 0 Å². The summed E-state index contributed by atoms with van der Waals surface area (Å²) in [7, 11) is 0. The molecule has 0 fully saturated rings. The van der Waals surface area contributed by atoms with Crippen LogP contribution in [0.25, 0.3) is 0 Å². The molecule has 69 heavy (non-hydrogen) atoms. The molecule has 0 aromatic carbocycles. The Hall–Kier alpha value is -3.41. The van der Waals surface area contributed by atoms with Gasteiger partial charge in [-0.3, -0.25) is 14.4 Å². The molecule has 0 saturated carbocycles. The zero-order valence-corrected chi connectivity index (χ0v) is 45.3. The van der Waals surface area contributed by atoms with E-state index in [1.165, 1.54) is 116 Å². The van der Waals surface area contributed by atoms with Crippen molar-refractivity contribution in [2.45, 2.75) is 284 Å². The topological polar surface area (TPSA) is 78.9 Å². The number of allylic oxidation sites excluding steroid dienone is 14. The predicted octanol–water partition coefficient (Wildman–Crippen LogP) is 19.5. The van der Waals surface area contributed by atoms with E-state index in [4.69, 9.17) is 14.2 Å². The first-order valence-electron chi connectivity index (χ1n) is 29.1. The Kier molecular flexibility index (Phi) is 54.3. The maximum absolute atomic E-state index is 12.8. The molecule has 396 valence electrons. The lowest BCUT2D eigenvalue weighted by Gasteiger charge is -2.18. The first-order chi connectivity index (χ1) is 34.0. The van der Waals surface area contributed by atoms with E-state index in [9.17, 15) is 14.4 Å². The quantitative estimate of drug-likeness (QED) is 0.0262. The van der Waals surface area contributed by atoms with Gasteiger partial charge in [0.05, 0.1) is 0 Å². The Balaban J connectivity index is 4.29. The van der Waals surface area contributed by atoms with Gasteiger partial charge in [-0.25, -0.2) is 0 Å². The summed E-state index contributed by atoms with van der Waals surface area (Å²) >= 11 is 0. The van der Waals surface area contributed by atoms with Gasteiger partial charge >= 0.3 is 17.9 Å². The van der Waals surface area contributed by atoms with Crippen LogP contribution in [0.2, 0.25) is 0 Å². The third kappa shape index (κ3) is 55.4. The molecule has 0 rings (SSSR count).